The molecule has 10 heteroatoms. The van der Waals surface area contributed by atoms with Gasteiger partial charge in [0.25, 0.3) is 0 Å². The first-order valence-corrected chi connectivity index (χ1v) is 11.3. The van der Waals surface area contributed by atoms with E-state index in [0.29, 0.717) is 17.1 Å². The molecule has 4 N–H and O–H groups in total. The number of ether oxygens (including phenoxy) is 1. The Balaban J connectivity index is 2.09. The second-order valence-electron chi connectivity index (χ2n) is 8.23. The third-order valence-corrected chi connectivity index (χ3v) is 6.10. The van der Waals surface area contributed by atoms with Crippen LogP contribution in [0.2, 0.25) is 0 Å². The monoisotopic (exact) mass is 464 g/mol. The number of aromatic nitrogens is 3. The average molecular weight is 465 g/mol. The second-order valence-corrected chi connectivity index (χ2v) is 8.60. The molecule has 0 unspecified atom stereocenters. The number of amides is 1. The molecule has 1 fully saturated rings. The number of nitrogens with one attached hydrogen (secondary N) is 1. The highest BCUT2D eigenvalue weighted by Gasteiger charge is 2.46. The Morgan fingerprint density at radius 3 is 2.50 bits per heavy atom. The Morgan fingerprint density at radius 1 is 1.22 bits per heavy atom. The van der Waals surface area contributed by atoms with Gasteiger partial charge in [-0.25, -0.2) is 4.68 Å². The smallest absolute Gasteiger partial charge is 0.217 e. The van der Waals surface area contributed by atoms with Gasteiger partial charge in [0.2, 0.25) is 10.7 Å². The van der Waals surface area contributed by atoms with Crippen LogP contribution < -0.4 is 5.32 Å². The van der Waals surface area contributed by atoms with Crippen molar-refractivity contribution in [3.63, 3.8) is 0 Å². The van der Waals surface area contributed by atoms with E-state index in [9.17, 15) is 20.1 Å². The van der Waals surface area contributed by atoms with Gasteiger partial charge in [-0.1, -0.05) is 49.6 Å². The van der Waals surface area contributed by atoms with Gasteiger partial charge in [-0.05, 0) is 25.6 Å². The molecule has 176 valence electrons. The number of carbonyl (C=O) groups is 1. The molecular weight excluding hydrogens is 432 g/mol. The van der Waals surface area contributed by atoms with Crippen molar-refractivity contribution in [2.45, 2.75) is 77.2 Å². The van der Waals surface area contributed by atoms with E-state index in [1.54, 1.807) is 0 Å². The largest absolute Gasteiger partial charge is 0.394 e. The standard InChI is InChI=1S/C22H32N4O5S/c1-4-5-6-11-25-20(15-9-7-13(2)8-10-15)24-26(22(25)32)21-17(23-14(3)28)19(30)18(29)16(12-27)31-21/h7-10,16-19,21,27,29-30H,4-6,11-12H2,1-3H3,(H,23,28)/t16-,17-,18+,19+,21-/m1/s1. The Bertz CT molecular complexity index is 974. The molecule has 1 aliphatic heterocycles. The fraction of sp³-hybridized carbons (Fsp3) is 0.591. The van der Waals surface area contributed by atoms with Crippen molar-refractivity contribution in [2.24, 2.45) is 0 Å². The Kier molecular flexibility index (Phi) is 8.18. The zero-order chi connectivity index (χ0) is 23.4. The van der Waals surface area contributed by atoms with Crippen LogP contribution in [0, 0.1) is 11.7 Å². The average Bonchev–Trinajstić information content (AvgIpc) is 3.08. The summed E-state index contributed by atoms with van der Waals surface area (Å²) in [5.41, 5.74) is 2.00. The molecule has 0 saturated carbocycles. The maximum Gasteiger partial charge on any atom is 0.217 e. The molecule has 2 heterocycles. The summed E-state index contributed by atoms with van der Waals surface area (Å²) in [4.78, 5) is 11.8. The molecule has 0 bridgehead atoms. The lowest BCUT2D eigenvalue weighted by molar-refractivity contribution is -0.219. The number of aliphatic hydroxyl groups is 3. The Hall–Kier alpha value is -2.11. The van der Waals surface area contributed by atoms with Crippen LogP contribution in [0.3, 0.4) is 0 Å². The summed E-state index contributed by atoms with van der Waals surface area (Å²) in [5, 5.41) is 38.0. The van der Waals surface area contributed by atoms with Crippen molar-refractivity contribution >= 4 is 18.1 Å². The highest BCUT2D eigenvalue weighted by Crippen LogP contribution is 2.30. The third-order valence-electron chi connectivity index (χ3n) is 5.69. The molecule has 0 radical (unpaired) electrons. The number of benzene rings is 1. The Labute approximate surface area is 192 Å². The highest BCUT2D eigenvalue weighted by atomic mass is 32.1. The predicted octanol–water partition coefficient (Wildman–Crippen LogP) is 1.70. The van der Waals surface area contributed by atoms with Crippen LogP contribution in [0.15, 0.2) is 24.3 Å². The highest BCUT2D eigenvalue weighted by molar-refractivity contribution is 7.71. The van der Waals surface area contributed by atoms with Crippen LogP contribution >= 0.6 is 12.2 Å². The lowest BCUT2D eigenvalue weighted by Crippen LogP contribution is -2.62. The van der Waals surface area contributed by atoms with Crippen molar-refractivity contribution in [3.05, 3.63) is 34.6 Å². The van der Waals surface area contributed by atoms with E-state index >= 15 is 0 Å². The van der Waals surface area contributed by atoms with Gasteiger partial charge in [0, 0.05) is 19.0 Å². The maximum atomic E-state index is 11.8. The van der Waals surface area contributed by atoms with Gasteiger partial charge >= 0.3 is 0 Å². The summed E-state index contributed by atoms with van der Waals surface area (Å²) < 4.78 is 9.64. The molecule has 1 aromatic carbocycles. The third kappa shape index (κ3) is 5.10. The number of carbonyl (C=O) groups excluding carboxylic acids is 1. The van der Waals surface area contributed by atoms with Crippen LogP contribution in [0.1, 0.15) is 44.9 Å². The molecule has 1 saturated heterocycles. The van der Waals surface area contributed by atoms with E-state index in [4.69, 9.17) is 22.1 Å². The number of nitrogens with zero attached hydrogens (tertiary/aromatic N) is 3. The number of hydrogen-bond donors (Lipinski definition) is 4. The predicted molar refractivity (Wildman–Crippen MR) is 121 cm³/mol. The summed E-state index contributed by atoms with van der Waals surface area (Å²) in [6.45, 7) is 5.60. The van der Waals surface area contributed by atoms with Gasteiger partial charge in [0.15, 0.2) is 12.1 Å². The number of hydrogen-bond acceptors (Lipinski definition) is 7. The van der Waals surface area contributed by atoms with Gasteiger partial charge in [-0.15, -0.1) is 5.10 Å². The summed E-state index contributed by atoms with van der Waals surface area (Å²) in [6.07, 6.45) is -1.79. The van der Waals surface area contributed by atoms with Crippen LogP contribution in [0.4, 0.5) is 0 Å². The summed E-state index contributed by atoms with van der Waals surface area (Å²) in [7, 11) is 0. The van der Waals surface area contributed by atoms with Gasteiger partial charge < -0.3 is 25.4 Å². The van der Waals surface area contributed by atoms with Crippen LogP contribution in [-0.4, -0.2) is 66.5 Å². The molecule has 9 nitrogen and oxygen atoms in total. The summed E-state index contributed by atoms with van der Waals surface area (Å²) in [5.74, 6) is 0.252. The molecule has 0 aliphatic carbocycles. The first kappa shape index (κ1) is 24.5. The zero-order valence-electron chi connectivity index (χ0n) is 18.6. The topological polar surface area (TPSA) is 122 Å². The number of rotatable bonds is 8. The lowest BCUT2D eigenvalue weighted by Gasteiger charge is -2.42. The van der Waals surface area contributed by atoms with E-state index in [0.717, 1.165) is 30.4 Å². The molecular formula is C22H32N4O5S. The minimum atomic E-state index is -1.37. The molecule has 1 aliphatic rings. The van der Waals surface area contributed by atoms with E-state index in [1.807, 2.05) is 35.8 Å². The Morgan fingerprint density at radius 2 is 1.91 bits per heavy atom. The maximum absolute atomic E-state index is 11.8. The first-order chi connectivity index (χ1) is 15.3. The molecule has 3 rings (SSSR count). The SMILES string of the molecule is CCCCCn1c(-c2ccc(C)cc2)nn([C@@H]2O[C@H](CO)[C@H](O)[C@@H](O)[C@H]2NC(C)=O)c1=S. The zero-order valence-corrected chi connectivity index (χ0v) is 19.5. The van der Waals surface area contributed by atoms with Gasteiger partial charge in [-0.3, -0.25) is 9.36 Å². The van der Waals surface area contributed by atoms with Crippen molar-refractivity contribution in [1.29, 1.82) is 0 Å². The molecule has 0 spiro atoms. The van der Waals surface area contributed by atoms with Crippen molar-refractivity contribution in [2.75, 3.05) is 6.61 Å². The minimum Gasteiger partial charge on any atom is -0.394 e. The van der Waals surface area contributed by atoms with Crippen molar-refractivity contribution < 1.29 is 24.9 Å². The van der Waals surface area contributed by atoms with Gasteiger partial charge in [0.05, 0.1) is 6.61 Å². The first-order valence-electron chi connectivity index (χ1n) is 10.9. The fourth-order valence-electron chi connectivity index (χ4n) is 3.91. The molecule has 5 atom stereocenters. The van der Waals surface area contributed by atoms with E-state index < -0.39 is 43.1 Å². The van der Waals surface area contributed by atoms with Gasteiger partial charge in [0.1, 0.15) is 24.4 Å². The number of aryl methyl sites for hydroxylation is 1. The minimum absolute atomic E-state index is 0.373. The lowest BCUT2D eigenvalue weighted by atomic mass is 9.96. The number of aliphatic hydroxyl groups excluding tert-OH is 3. The van der Waals surface area contributed by atoms with Crippen LogP contribution in [-0.2, 0) is 16.1 Å². The summed E-state index contributed by atoms with van der Waals surface area (Å²) in [6, 6.07) is 6.92. The molecule has 1 aromatic heterocycles. The normalized spacial score (nSPS) is 25.6. The fourth-order valence-corrected chi connectivity index (χ4v) is 4.24. The second kappa shape index (κ2) is 10.7. The molecule has 32 heavy (non-hydrogen) atoms. The van der Waals surface area contributed by atoms with E-state index in [-0.39, 0.29) is 0 Å². The van der Waals surface area contributed by atoms with E-state index in [2.05, 4.69) is 12.2 Å². The van der Waals surface area contributed by atoms with E-state index in [1.165, 1.54) is 11.6 Å². The van der Waals surface area contributed by atoms with Crippen LogP contribution in [0.5, 0.6) is 0 Å². The summed E-state index contributed by atoms with van der Waals surface area (Å²) >= 11 is 5.74. The quantitative estimate of drug-likeness (QED) is 0.346. The van der Waals surface area contributed by atoms with Gasteiger partial charge in [-0.2, -0.15) is 0 Å². The van der Waals surface area contributed by atoms with Crippen LogP contribution in [0.25, 0.3) is 11.4 Å². The molecule has 1 amide bonds. The number of unbranched alkanes of at least 4 members (excludes halogenated alkanes) is 2. The van der Waals surface area contributed by atoms with Crippen molar-refractivity contribution in [1.82, 2.24) is 19.7 Å². The van der Waals surface area contributed by atoms with Crippen molar-refractivity contribution in [3.8, 4) is 11.4 Å². The molecule has 2 aromatic rings.